The molecule has 2 rings (SSSR count). The van der Waals surface area contributed by atoms with Crippen LogP contribution in [0, 0.1) is 18.6 Å². The first-order chi connectivity index (χ1) is 11.5. The molecule has 0 heterocycles. The lowest BCUT2D eigenvalue weighted by molar-refractivity contribution is 0.0950. The third-order valence-corrected chi connectivity index (χ3v) is 3.53. The molecular formula is C18H20F2N2O2. The number of carbonyl (C=O) groups excluding carboxylic acids is 1. The molecule has 0 aliphatic rings. The smallest absolute Gasteiger partial charge is 0.251 e. The number of rotatable bonds is 7. The van der Waals surface area contributed by atoms with E-state index in [4.69, 9.17) is 10.5 Å². The van der Waals surface area contributed by atoms with Gasteiger partial charge in [-0.15, -0.1) is 0 Å². The van der Waals surface area contributed by atoms with Crippen molar-refractivity contribution in [3.63, 3.8) is 0 Å². The summed E-state index contributed by atoms with van der Waals surface area (Å²) in [6, 6.07) is 8.91. The molecule has 128 valence electrons. The zero-order valence-electron chi connectivity index (χ0n) is 13.4. The van der Waals surface area contributed by atoms with Crippen LogP contribution in [-0.2, 0) is 6.54 Å². The van der Waals surface area contributed by atoms with E-state index in [2.05, 4.69) is 5.32 Å². The van der Waals surface area contributed by atoms with Crippen LogP contribution < -0.4 is 15.8 Å². The lowest BCUT2D eigenvalue weighted by Crippen LogP contribution is -2.23. The van der Waals surface area contributed by atoms with Crippen molar-refractivity contribution >= 4 is 5.91 Å². The Morgan fingerprint density at radius 1 is 1.25 bits per heavy atom. The number of hydrogen-bond donors (Lipinski definition) is 2. The van der Waals surface area contributed by atoms with Crippen LogP contribution in [0.4, 0.5) is 8.78 Å². The van der Waals surface area contributed by atoms with Crippen molar-refractivity contribution in [1.29, 1.82) is 0 Å². The van der Waals surface area contributed by atoms with Gasteiger partial charge in [0.2, 0.25) is 0 Å². The minimum atomic E-state index is -0.951. The van der Waals surface area contributed by atoms with Gasteiger partial charge in [0.1, 0.15) is 5.75 Å². The second-order valence-electron chi connectivity index (χ2n) is 5.37. The molecule has 0 radical (unpaired) electrons. The Kier molecular flexibility index (Phi) is 6.26. The Hall–Kier alpha value is -2.47. The van der Waals surface area contributed by atoms with Gasteiger partial charge in [-0.25, -0.2) is 8.78 Å². The number of halogens is 2. The van der Waals surface area contributed by atoms with Gasteiger partial charge in [-0.05, 0) is 43.7 Å². The Morgan fingerprint density at radius 2 is 2.04 bits per heavy atom. The number of nitrogens with two attached hydrogens (primary N) is 1. The highest BCUT2D eigenvalue weighted by Gasteiger charge is 2.12. The first-order valence-electron chi connectivity index (χ1n) is 7.67. The lowest BCUT2D eigenvalue weighted by atomic mass is 10.1. The number of aryl methyl sites for hydroxylation is 1. The third kappa shape index (κ3) is 4.52. The molecule has 0 aliphatic heterocycles. The van der Waals surface area contributed by atoms with Crippen LogP contribution in [0.25, 0.3) is 0 Å². The normalized spacial score (nSPS) is 10.5. The van der Waals surface area contributed by atoms with Crippen molar-refractivity contribution in [2.24, 2.45) is 5.73 Å². The van der Waals surface area contributed by atoms with E-state index >= 15 is 0 Å². The summed E-state index contributed by atoms with van der Waals surface area (Å²) in [5.41, 5.74) is 6.81. The first-order valence-corrected chi connectivity index (χ1v) is 7.67. The van der Waals surface area contributed by atoms with Crippen molar-refractivity contribution in [3.05, 3.63) is 64.7 Å². The van der Waals surface area contributed by atoms with Gasteiger partial charge < -0.3 is 15.8 Å². The van der Waals surface area contributed by atoms with Crippen LogP contribution in [-0.4, -0.2) is 19.1 Å². The van der Waals surface area contributed by atoms with Crippen LogP contribution >= 0.6 is 0 Å². The topological polar surface area (TPSA) is 64.3 Å². The van der Waals surface area contributed by atoms with Crippen molar-refractivity contribution in [1.82, 2.24) is 5.32 Å². The number of hydrogen-bond acceptors (Lipinski definition) is 3. The summed E-state index contributed by atoms with van der Waals surface area (Å²) >= 11 is 0. The average molecular weight is 334 g/mol. The fourth-order valence-electron chi connectivity index (χ4n) is 2.12. The van der Waals surface area contributed by atoms with Crippen LogP contribution in [0.3, 0.4) is 0 Å². The number of carbonyl (C=O) groups is 1. The molecule has 0 bridgehead atoms. The summed E-state index contributed by atoms with van der Waals surface area (Å²) < 4.78 is 32.3. The van der Waals surface area contributed by atoms with Crippen LogP contribution in [0.1, 0.15) is 27.9 Å². The fourth-order valence-corrected chi connectivity index (χ4v) is 2.12. The van der Waals surface area contributed by atoms with Gasteiger partial charge in [-0.1, -0.05) is 18.2 Å². The zero-order valence-corrected chi connectivity index (χ0v) is 13.4. The van der Waals surface area contributed by atoms with Gasteiger partial charge in [-0.2, -0.15) is 0 Å². The Morgan fingerprint density at radius 3 is 2.79 bits per heavy atom. The molecule has 0 fully saturated rings. The molecule has 0 aliphatic carbocycles. The summed E-state index contributed by atoms with van der Waals surface area (Å²) in [4.78, 5) is 12.2. The van der Waals surface area contributed by atoms with E-state index in [1.54, 1.807) is 18.2 Å². The average Bonchev–Trinajstić information content (AvgIpc) is 2.58. The highest BCUT2D eigenvalue weighted by molar-refractivity contribution is 5.94. The summed E-state index contributed by atoms with van der Waals surface area (Å²) in [5, 5.41) is 2.58. The number of benzene rings is 2. The molecule has 0 spiro atoms. The Bertz CT molecular complexity index is 720. The van der Waals surface area contributed by atoms with Gasteiger partial charge in [-0.3, -0.25) is 4.79 Å². The molecular weight excluding hydrogens is 314 g/mol. The largest absolute Gasteiger partial charge is 0.493 e. The van der Waals surface area contributed by atoms with Gasteiger partial charge in [0.25, 0.3) is 5.91 Å². The van der Waals surface area contributed by atoms with Gasteiger partial charge in [0.15, 0.2) is 11.6 Å². The molecule has 1 amide bonds. The maximum absolute atomic E-state index is 13.6. The highest BCUT2D eigenvalue weighted by Crippen LogP contribution is 2.20. The molecule has 4 nitrogen and oxygen atoms in total. The lowest BCUT2D eigenvalue weighted by Gasteiger charge is -2.11. The highest BCUT2D eigenvalue weighted by atomic mass is 19.2. The van der Waals surface area contributed by atoms with E-state index in [-0.39, 0.29) is 18.0 Å². The molecule has 0 aromatic heterocycles. The third-order valence-electron chi connectivity index (χ3n) is 3.53. The Balaban J connectivity index is 2.04. The van der Waals surface area contributed by atoms with Crippen molar-refractivity contribution in [3.8, 4) is 5.75 Å². The SMILES string of the molecule is Cc1ccc(C(=O)NCc2cccc(F)c2F)cc1OCCCN. The molecule has 6 heteroatoms. The van der Waals surface area contributed by atoms with Crippen LogP contribution in [0.2, 0.25) is 0 Å². The summed E-state index contributed by atoms with van der Waals surface area (Å²) in [6.45, 7) is 2.77. The predicted molar refractivity (Wildman–Crippen MR) is 87.9 cm³/mol. The van der Waals surface area contributed by atoms with E-state index in [1.165, 1.54) is 12.1 Å². The number of amides is 1. The second-order valence-corrected chi connectivity index (χ2v) is 5.37. The molecule has 24 heavy (non-hydrogen) atoms. The quantitative estimate of drug-likeness (QED) is 0.765. The summed E-state index contributed by atoms with van der Waals surface area (Å²) in [6.07, 6.45) is 0.717. The first kappa shape index (κ1) is 17.9. The van der Waals surface area contributed by atoms with Gasteiger partial charge >= 0.3 is 0 Å². The van der Waals surface area contributed by atoms with E-state index in [9.17, 15) is 13.6 Å². The molecule has 0 unspecified atom stereocenters. The maximum atomic E-state index is 13.6. The van der Waals surface area contributed by atoms with Crippen molar-refractivity contribution < 1.29 is 18.3 Å². The molecule has 0 saturated heterocycles. The van der Waals surface area contributed by atoms with Crippen LogP contribution in [0.5, 0.6) is 5.75 Å². The Labute approximate surface area is 139 Å². The van der Waals surface area contributed by atoms with Crippen LogP contribution in [0.15, 0.2) is 36.4 Å². The molecule has 2 aromatic carbocycles. The van der Waals surface area contributed by atoms with E-state index < -0.39 is 11.6 Å². The number of nitrogens with one attached hydrogen (secondary N) is 1. The molecule has 3 N–H and O–H groups in total. The van der Waals surface area contributed by atoms with Gasteiger partial charge in [0.05, 0.1) is 6.61 Å². The zero-order chi connectivity index (χ0) is 17.5. The van der Waals surface area contributed by atoms with Crippen molar-refractivity contribution in [2.45, 2.75) is 19.9 Å². The molecule has 0 saturated carbocycles. The monoisotopic (exact) mass is 334 g/mol. The summed E-state index contributed by atoms with van der Waals surface area (Å²) in [5.74, 6) is -1.67. The maximum Gasteiger partial charge on any atom is 0.251 e. The fraction of sp³-hybridized carbons (Fsp3) is 0.278. The molecule has 0 atom stereocenters. The minimum Gasteiger partial charge on any atom is -0.493 e. The standard InChI is InChI=1S/C18H20F2N2O2/c1-12-6-7-13(10-16(12)24-9-3-8-21)18(23)22-11-14-4-2-5-15(19)17(14)20/h2,4-7,10H,3,8-9,11,21H2,1H3,(H,22,23). The van der Waals surface area contributed by atoms with Gasteiger partial charge in [0, 0.05) is 17.7 Å². The number of ether oxygens (including phenoxy) is 1. The van der Waals surface area contributed by atoms with Crippen molar-refractivity contribution in [2.75, 3.05) is 13.2 Å². The van der Waals surface area contributed by atoms with E-state index in [0.29, 0.717) is 30.9 Å². The van der Waals surface area contributed by atoms with E-state index in [1.807, 2.05) is 6.92 Å². The van der Waals surface area contributed by atoms with E-state index in [0.717, 1.165) is 11.6 Å². The summed E-state index contributed by atoms with van der Waals surface area (Å²) in [7, 11) is 0. The minimum absolute atomic E-state index is 0.0925. The molecule has 2 aromatic rings. The second kappa shape index (κ2) is 8.40. The predicted octanol–water partition coefficient (Wildman–Crippen LogP) is 2.93.